The smallest absolute Gasteiger partial charge is 0.159 e. The Bertz CT molecular complexity index is 550. The van der Waals surface area contributed by atoms with Crippen molar-refractivity contribution in [1.29, 1.82) is 0 Å². The molecule has 0 atom stereocenters. The fourth-order valence-electron chi connectivity index (χ4n) is 2.05. The Morgan fingerprint density at radius 1 is 1.24 bits per heavy atom. The largest absolute Gasteiger partial charge is 0.295 e. The fraction of sp³-hybridized carbons (Fsp3) is 0.286. The van der Waals surface area contributed by atoms with Crippen LogP contribution >= 0.6 is 0 Å². The van der Waals surface area contributed by atoms with Gasteiger partial charge in [-0.05, 0) is 50.1 Å². The number of ketones is 1. The molecule has 0 radical (unpaired) electrons. The number of benzene rings is 1. The van der Waals surface area contributed by atoms with Crippen molar-refractivity contribution in [3.63, 3.8) is 0 Å². The summed E-state index contributed by atoms with van der Waals surface area (Å²) < 4.78 is 1.97. The first-order valence-corrected chi connectivity index (χ1v) is 5.91. The van der Waals surface area contributed by atoms with E-state index in [1.807, 2.05) is 35.1 Å². The van der Waals surface area contributed by atoms with Crippen LogP contribution in [0.3, 0.4) is 0 Å². The predicted octanol–water partition coefficient (Wildman–Crippen LogP) is 2.95. The number of carbonyl (C=O) groups excluding carboxylic acids is 1. The molecule has 0 aliphatic heterocycles. The molecule has 3 heteroatoms. The van der Waals surface area contributed by atoms with Gasteiger partial charge in [-0.25, -0.2) is 4.68 Å². The molecule has 0 amide bonds. The van der Waals surface area contributed by atoms with Gasteiger partial charge in [-0.2, -0.15) is 5.10 Å². The lowest BCUT2D eigenvalue weighted by Crippen LogP contribution is -2.01. The van der Waals surface area contributed by atoms with Crippen molar-refractivity contribution in [2.75, 3.05) is 0 Å². The molecule has 86 valence electrons. The van der Waals surface area contributed by atoms with Crippen LogP contribution in [0.25, 0.3) is 5.69 Å². The SMILES string of the molecule is CC(=O)c1ccc(-n2nccc2C2CC2)cc1. The first kappa shape index (κ1) is 10.3. The first-order chi connectivity index (χ1) is 8.25. The van der Waals surface area contributed by atoms with E-state index in [0.717, 1.165) is 11.3 Å². The number of aromatic nitrogens is 2. The molecule has 0 spiro atoms. The Kier molecular flexibility index (Phi) is 2.32. The van der Waals surface area contributed by atoms with E-state index >= 15 is 0 Å². The summed E-state index contributed by atoms with van der Waals surface area (Å²) in [6, 6.07) is 9.70. The average Bonchev–Trinajstić information content (AvgIpc) is 3.07. The predicted molar refractivity (Wildman–Crippen MR) is 65.5 cm³/mol. The zero-order valence-electron chi connectivity index (χ0n) is 9.76. The van der Waals surface area contributed by atoms with Crippen molar-refractivity contribution in [2.45, 2.75) is 25.7 Å². The lowest BCUT2D eigenvalue weighted by Gasteiger charge is -2.06. The van der Waals surface area contributed by atoms with E-state index in [1.165, 1.54) is 18.5 Å². The lowest BCUT2D eigenvalue weighted by atomic mass is 10.1. The van der Waals surface area contributed by atoms with Gasteiger partial charge in [0.2, 0.25) is 0 Å². The van der Waals surface area contributed by atoms with E-state index in [9.17, 15) is 4.79 Å². The average molecular weight is 226 g/mol. The number of hydrogen-bond donors (Lipinski definition) is 0. The van der Waals surface area contributed by atoms with Gasteiger partial charge in [-0.3, -0.25) is 4.79 Å². The third-order valence-electron chi connectivity index (χ3n) is 3.19. The Morgan fingerprint density at radius 3 is 2.53 bits per heavy atom. The van der Waals surface area contributed by atoms with Crippen LogP contribution in [0.1, 0.15) is 41.7 Å². The highest BCUT2D eigenvalue weighted by Crippen LogP contribution is 2.40. The minimum atomic E-state index is 0.0967. The van der Waals surface area contributed by atoms with E-state index in [1.54, 1.807) is 6.92 Å². The molecule has 1 saturated carbocycles. The van der Waals surface area contributed by atoms with E-state index in [0.29, 0.717) is 5.92 Å². The topological polar surface area (TPSA) is 34.9 Å². The molecule has 2 aromatic rings. The minimum absolute atomic E-state index is 0.0967. The quantitative estimate of drug-likeness (QED) is 0.754. The van der Waals surface area contributed by atoms with Crippen LogP contribution in [0, 0.1) is 0 Å². The molecule has 3 rings (SSSR count). The van der Waals surface area contributed by atoms with Gasteiger partial charge in [0.25, 0.3) is 0 Å². The molecule has 1 heterocycles. The molecule has 1 aromatic heterocycles. The first-order valence-electron chi connectivity index (χ1n) is 5.91. The highest BCUT2D eigenvalue weighted by molar-refractivity contribution is 5.94. The van der Waals surface area contributed by atoms with E-state index in [4.69, 9.17) is 0 Å². The Labute approximate surface area is 100 Å². The zero-order chi connectivity index (χ0) is 11.8. The zero-order valence-corrected chi connectivity index (χ0v) is 9.76. The van der Waals surface area contributed by atoms with Gasteiger partial charge in [0.15, 0.2) is 5.78 Å². The molecule has 0 unspecified atom stereocenters. The standard InChI is InChI=1S/C14H14N2O/c1-10(17)11-4-6-13(7-5-11)16-14(8-9-15-16)12-2-3-12/h4-9,12H,2-3H2,1H3. The van der Waals surface area contributed by atoms with E-state index in [2.05, 4.69) is 11.2 Å². The van der Waals surface area contributed by atoms with E-state index in [-0.39, 0.29) is 5.78 Å². The molecule has 3 nitrogen and oxygen atoms in total. The molecule has 1 aliphatic carbocycles. The maximum Gasteiger partial charge on any atom is 0.159 e. The van der Waals surface area contributed by atoms with Crippen LogP contribution in [0.4, 0.5) is 0 Å². The molecule has 1 aromatic carbocycles. The second-order valence-corrected chi connectivity index (χ2v) is 4.55. The number of rotatable bonds is 3. The van der Waals surface area contributed by atoms with Gasteiger partial charge >= 0.3 is 0 Å². The van der Waals surface area contributed by atoms with Crippen molar-refractivity contribution >= 4 is 5.78 Å². The summed E-state index contributed by atoms with van der Waals surface area (Å²) in [5, 5.41) is 4.35. The van der Waals surface area contributed by atoms with Crippen LogP contribution in [0.5, 0.6) is 0 Å². The van der Waals surface area contributed by atoms with Crippen LogP contribution in [0.2, 0.25) is 0 Å². The van der Waals surface area contributed by atoms with Crippen LogP contribution in [-0.2, 0) is 0 Å². The minimum Gasteiger partial charge on any atom is -0.295 e. The van der Waals surface area contributed by atoms with Gasteiger partial charge < -0.3 is 0 Å². The third kappa shape index (κ3) is 1.88. The van der Waals surface area contributed by atoms with Crippen molar-refractivity contribution in [3.05, 3.63) is 47.8 Å². The fourth-order valence-corrected chi connectivity index (χ4v) is 2.05. The number of hydrogen-bond acceptors (Lipinski definition) is 2. The van der Waals surface area contributed by atoms with Crippen LogP contribution in [-0.4, -0.2) is 15.6 Å². The van der Waals surface area contributed by atoms with Gasteiger partial charge in [-0.1, -0.05) is 0 Å². The van der Waals surface area contributed by atoms with Crippen molar-refractivity contribution in [3.8, 4) is 5.69 Å². The summed E-state index contributed by atoms with van der Waals surface area (Å²) in [6.07, 6.45) is 4.36. The second kappa shape index (κ2) is 3.84. The molecule has 1 aliphatic rings. The number of carbonyl (C=O) groups is 1. The molecule has 17 heavy (non-hydrogen) atoms. The van der Waals surface area contributed by atoms with Gasteiger partial charge in [0.1, 0.15) is 0 Å². The normalized spacial score (nSPS) is 14.9. The summed E-state index contributed by atoms with van der Waals surface area (Å²) in [4.78, 5) is 11.2. The Hall–Kier alpha value is -1.90. The molecule has 0 bridgehead atoms. The van der Waals surface area contributed by atoms with Gasteiger partial charge in [-0.15, -0.1) is 0 Å². The van der Waals surface area contributed by atoms with Crippen molar-refractivity contribution in [2.24, 2.45) is 0 Å². The van der Waals surface area contributed by atoms with E-state index < -0.39 is 0 Å². The van der Waals surface area contributed by atoms with Crippen LogP contribution < -0.4 is 0 Å². The summed E-state index contributed by atoms with van der Waals surface area (Å²) in [7, 11) is 0. The molecular formula is C14H14N2O. The van der Waals surface area contributed by atoms with Gasteiger partial charge in [0, 0.05) is 23.4 Å². The lowest BCUT2D eigenvalue weighted by molar-refractivity contribution is 0.101. The maximum absolute atomic E-state index is 11.2. The number of nitrogens with zero attached hydrogens (tertiary/aromatic N) is 2. The summed E-state index contributed by atoms with van der Waals surface area (Å²) in [5.41, 5.74) is 3.05. The highest BCUT2D eigenvalue weighted by Gasteiger charge is 2.27. The molecule has 1 fully saturated rings. The summed E-state index contributed by atoms with van der Waals surface area (Å²) in [6.45, 7) is 1.58. The monoisotopic (exact) mass is 226 g/mol. The maximum atomic E-state index is 11.2. The van der Waals surface area contributed by atoms with Gasteiger partial charge in [0.05, 0.1) is 5.69 Å². The molecule has 0 N–H and O–H groups in total. The Morgan fingerprint density at radius 2 is 1.94 bits per heavy atom. The molecule has 0 saturated heterocycles. The third-order valence-corrected chi connectivity index (χ3v) is 3.19. The summed E-state index contributed by atoms with van der Waals surface area (Å²) >= 11 is 0. The summed E-state index contributed by atoms with van der Waals surface area (Å²) in [5.74, 6) is 0.768. The van der Waals surface area contributed by atoms with Crippen molar-refractivity contribution in [1.82, 2.24) is 9.78 Å². The Balaban J connectivity index is 1.97. The molecular weight excluding hydrogens is 212 g/mol. The van der Waals surface area contributed by atoms with Crippen LogP contribution in [0.15, 0.2) is 36.5 Å². The highest BCUT2D eigenvalue weighted by atomic mass is 16.1. The number of Topliss-reactive ketones (excluding diaryl/α,β-unsaturated/α-hetero) is 1. The second-order valence-electron chi connectivity index (χ2n) is 4.55. The van der Waals surface area contributed by atoms with Crippen molar-refractivity contribution < 1.29 is 4.79 Å².